The molecule has 1 unspecified atom stereocenters. The Balaban J connectivity index is 1.66. The van der Waals surface area contributed by atoms with Crippen LogP contribution in [0.25, 0.3) is 0 Å². The molecule has 1 aliphatic heterocycles. The molecule has 29 heavy (non-hydrogen) atoms. The van der Waals surface area contributed by atoms with Gasteiger partial charge in [0.1, 0.15) is 5.75 Å². The summed E-state index contributed by atoms with van der Waals surface area (Å²) >= 11 is 0. The number of ether oxygens (including phenoxy) is 1. The van der Waals surface area contributed by atoms with Crippen LogP contribution < -0.4 is 10.1 Å². The summed E-state index contributed by atoms with van der Waals surface area (Å²) in [6.45, 7) is 6.70. The number of piperazine rings is 1. The predicted octanol–water partition coefficient (Wildman–Crippen LogP) is 3.84. The van der Waals surface area contributed by atoms with E-state index in [0.29, 0.717) is 32.6 Å². The Kier molecular flexibility index (Phi) is 9.81. The molecule has 0 spiro atoms. The van der Waals surface area contributed by atoms with E-state index in [0.717, 1.165) is 30.6 Å². The van der Waals surface area contributed by atoms with Gasteiger partial charge in [0.05, 0.1) is 7.11 Å². The maximum absolute atomic E-state index is 12.5. The molecular weight excluding hydrogens is 366 g/mol. The van der Waals surface area contributed by atoms with Gasteiger partial charge >= 0.3 is 6.03 Å². The highest BCUT2D eigenvalue weighted by Gasteiger charge is 2.24. The number of nitrogens with one attached hydrogen (secondary N) is 1. The van der Waals surface area contributed by atoms with E-state index in [1.165, 1.54) is 19.3 Å². The minimum Gasteiger partial charge on any atom is -0.497 e. The Morgan fingerprint density at radius 2 is 1.69 bits per heavy atom. The third kappa shape index (κ3) is 7.95. The lowest BCUT2D eigenvalue weighted by Crippen LogP contribution is -2.54. The minimum atomic E-state index is -0.00155. The molecule has 162 valence electrons. The van der Waals surface area contributed by atoms with Gasteiger partial charge in [0.15, 0.2) is 0 Å². The van der Waals surface area contributed by atoms with Gasteiger partial charge in [0.25, 0.3) is 0 Å². The van der Waals surface area contributed by atoms with E-state index >= 15 is 0 Å². The third-order valence-corrected chi connectivity index (χ3v) is 5.57. The number of aryl methyl sites for hydroxylation is 1. The lowest BCUT2D eigenvalue weighted by molar-refractivity contribution is -0.132. The van der Waals surface area contributed by atoms with E-state index in [4.69, 9.17) is 4.74 Å². The SMILES string of the molecule is CCCCCCC(C)NC(=O)N1CCN(C(=O)CCc2ccc(OC)cc2)CC1. The van der Waals surface area contributed by atoms with Crippen molar-refractivity contribution in [2.45, 2.75) is 64.8 Å². The molecule has 1 heterocycles. The monoisotopic (exact) mass is 403 g/mol. The van der Waals surface area contributed by atoms with Crippen LogP contribution in [0.5, 0.6) is 5.75 Å². The fourth-order valence-electron chi connectivity index (χ4n) is 3.61. The van der Waals surface area contributed by atoms with Crippen LogP contribution in [-0.4, -0.2) is 61.1 Å². The molecule has 1 fully saturated rings. The van der Waals surface area contributed by atoms with Crippen molar-refractivity contribution in [3.63, 3.8) is 0 Å². The number of urea groups is 1. The van der Waals surface area contributed by atoms with Crippen molar-refractivity contribution in [3.05, 3.63) is 29.8 Å². The zero-order valence-electron chi connectivity index (χ0n) is 18.3. The Bertz CT molecular complexity index is 625. The predicted molar refractivity (Wildman–Crippen MR) is 116 cm³/mol. The zero-order valence-corrected chi connectivity index (χ0v) is 18.3. The van der Waals surface area contributed by atoms with Crippen LogP contribution in [0.2, 0.25) is 0 Å². The van der Waals surface area contributed by atoms with E-state index in [1.807, 2.05) is 34.1 Å². The zero-order chi connectivity index (χ0) is 21.1. The van der Waals surface area contributed by atoms with Crippen LogP contribution in [0.1, 0.15) is 57.9 Å². The van der Waals surface area contributed by atoms with Gasteiger partial charge in [-0.1, -0.05) is 44.7 Å². The lowest BCUT2D eigenvalue weighted by atomic mass is 10.1. The number of hydrogen-bond donors (Lipinski definition) is 1. The normalized spacial score (nSPS) is 15.1. The maximum atomic E-state index is 12.5. The number of amides is 3. The van der Waals surface area contributed by atoms with Gasteiger partial charge in [0.2, 0.25) is 5.91 Å². The molecule has 6 nitrogen and oxygen atoms in total. The largest absolute Gasteiger partial charge is 0.497 e. The molecule has 1 N–H and O–H groups in total. The Morgan fingerprint density at radius 3 is 2.31 bits per heavy atom. The van der Waals surface area contributed by atoms with E-state index in [2.05, 4.69) is 19.2 Å². The van der Waals surface area contributed by atoms with Gasteiger partial charge in [0, 0.05) is 38.6 Å². The highest BCUT2D eigenvalue weighted by Crippen LogP contribution is 2.14. The molecule has 0 radical (unpaired) electrons. The first-order chi connectivity index (χ1) is 14.0. The number of unbranched alkanes of at least 4 members (excludes halogenated alkanes) is 3. The van der Waals surface area contributed by atoms with Crippen molar-refractivity contribution in [3.8, 4) is 5.75 Å². The van der Waals surface area contributed by atoms with Crippen LogP contribution in [0.4, 0.5) is 4.79 Å². The average Bonchev–Trinajstić information content (AvgIpc) is 2.75. The highest BCUT2D eigenvalue weighted by atomic mass is 16.5. The van der Waals surface area contributed by atoms with Gasteiger partial charge < -0.3 is 19.9 Å². The smallest absolute Gasteiger partial charge is 0.317 e. The number of rotatable bonds is 10. The number of carbonyl (C=O) groups excluding carboxylic acids is 2. The summed E-state index contributed by atoms with van der Waals surface area (Å²) in [7, 11) is 1.65. The van der Waals surface area contributed by atoms with Crippen LogP contribution in [0.3, 0.4) is 0 Å². The van der Waals surface area contributed by atoms with E-state index in [9.17, 15) is 9.59 Å². The van der Waals surface area contributed by atoms with Gasteiger partial charge in [-0.05, 0) is 37.5 Å². The topological polar surface area (TPSA) is 61.9 Å². The van der Waals surface area contributed by atoms with Crippen molar-refractivity contribution in [1.29, 1.82) is 0 Å². The van der Waals surface area contributed by atoms with Gasteiger partial charge in [-0.2, -0.15) is 0 Å². The summed E-state index contributed by atoms with van der Waals surface area (Å²) in [4.78, 5) is 28.6. The molecule has 1 aromatic rings. The molecule has 0 saturated carbocycles. The number of methoxy groups -OCH3 is 1. The van der Waals surface area contributed by atoms with Gasteiger partial charge in [-0.25, -0.2) is 4.79 Å². The lowest BCUT2D eigenvalue weighted by Gasteiger charge is -2.35. The second kappa shape index (κ2) is 12.3. The standard InChI is InChI=1S/C23H37N3O3/c1-4-5-6-7-8-19(2)24-23(28)26-17-15-25(16-18-26)22(27)14-11-20-9-12-21(29-3)13-10-20/h9-10,12-13,19H,4-8,11,14-18H2,1-3H3,(H,24,28). The fraction of sp³-hybridized carbons (Fsp3) is 0.652. The molecule has 6 heteroatoms. The number of nitrogens with zero attached hydrogens (tertiary/aromatic N) is 2. The summed E-state index contributed by atoms with van der Waals surface area (Å²) in [5.74, 6) is 0.981. The average molecular weight is 404 g/mol. The first kappa shape index (κ1) is 23.0. The van der Waals surface area contributed by atoms with E-state index < -0.39 is 0 Å². The number of carbonyl (C=O) groups is 2. The molecule has 3 amide bonds. The van der Waals surface area contributed by atoms with Crippen LogP contribution in [0.15, 0.2) is 24.3 Å². The van der Waals surface area contributed by atoms with Crippen LogP contribution in [0, 0.1) is 0 Å². The Hall–Kier alpha value is -2.24. The summed E-state index contributed by atoms with van der Waals surface area (Å²) in [5, 5.41) is 3.10. The molecule has 0 bridgehead atoms. The second-order valence-electron chi connectivity index (χ2n) is 7.92. The molecule has 2 rings (SSSR count). The number of hydrogen-bond acceptors (Lipinski definition) is 3. The van der Waals surface area contributed by atoms with Crippen molar-refractivity contribution in [2.24, 2.45) is 0 Å². The van der Waals surface area contributed by atoms with Crippen LogP contribution in [-0.2, 0) is 11.2 Å². The summed E-state index contributed by atoms with van der Waals surface area (Å²) in [5.41, 5.74) is 1.13. The summed E-state index contributed by atoms with van der Waals surface area (Å²) < 4.78 is 5.16. The van der Waals surface area contributed by atoms with E-state index in [-0.39, 0.29) is 18.0 Å². The molecule has 0 aromatic heterocycles. The Labute approximate surface area is 175 Å². The number of benzene rings is 1. The summed E-state index contributed by atoms with van der Waals surface area (Å²) in [6, 6.07) is 8.03. The van der Waals surface area contributed by atoms with Crippen molar-refractivity contribution < 1.29 is 14.3 Å². The van der Waals surface area contributed by atoms with Crippen molar-refractivity contribution >= 4 is 11.9 Å². The van der Waals surface area contributed by atoms with E-state index in [1.54, 1.807) is 7.11 Å². The second-order valence-corrected chi connectivity index (χ2v) is 7.92. The fourth-order valence-corrected chi connectivity index (χ4v) is 3.61. The van der Waals surface area contributed by atoms with Gasteiger partial charge in [-0.3, -0.25) is 4.79 Å². The first-order valence-electron chi connectivity index (χ1n) is 11.0. The molecule has 1 saturated heterocycles. The minimum absolute atomic E-state index is 0.00155. The van der Waals surface area contributed by atoms with Crippen molar-refractivity contribution in [1.82, 2.24) is 15.1 Å². The van der Waals surface area contributed by atoms with Gasteiger partial charge in [-0.15, -0.1) is 0 Å². The van der Waals surface area contributed by atoms with Crippen LogP contribution >= 0.6 is 0 Å². The molecule has 1 aromatic carbocycles. The maximum Gasteiger partial charge on any atom is 0.317 e. The molecule has 1 atom stereocenters. The highest BCUT2D eigenvalue weighted by molar-refractivity contribution is 5.78. The third-order valence-electron chi connectivity index (χ3n) is 5.57. The summed E-state index contributed by atoms with van der Waals surface area (Å²) in [6.07, 6.45) is 7.11. The molecular formula is C23H37N3O3. The van der Waals surface area contributed by atoms with Crippen molar-refractivity contribution in [2.75, 3.05) is 33.3 Å². The Morgan fingerprint density at radius 1 is 1.03 bits per heavy atom. The first-order valence-corrected chi connectivity index (χ1v) is 11.0. The molecule has 1 aliphatic rings. The quantitative estimate of drug-likeness (QED) is 0.604. The molecule has 0 aliphatic carbocycles.